The topological polar surface area (TPSA) is 84.5 Å². The molecule has 1 heterocycles. The Labute approximate surface area is 191 Å². The number of carbonyl (C=O) groups is 3. The van der Waals surface area contributed by atoms with E-state index in [-0.39, 0.29) is 46.1 Å². The highest BCUT2D eigenvalue weighted by molar-refractivity contribution is 6.34. The summed E-state index contributed by atoms with van der Waals surface area (Å²) in [6, 6.07) is 8.65. The molecule has 3 aliphatic rings. The van der Waals surface area contributed by atoms with E-state index in [1.54, 1.807) is 12.1 Å². The van der Waals surface area contributed by atoms with E-state index in [9.17, 15) is 27.6 Å². The van der Waals surface area contributed by atoms with Crippen molar-refractivity contribution < 1.29 is 32.3 Å². The van der Waals surface area contributed by atoms with Crippen molar-refractivity contribution in [3.8, 4) is 0 Å². The Kier molecular flexibility index (Phi) is 5.12. The molecule has 0 spiro atoms. The highest BCUT2D eigenvalue weighted by atomic mass is 35.5. The zero-order valence-electron chi connectivity index (χ0n) is 17.0. The first-order valence-corrected chi connectivity index (χ1v) is 10.8. The van der Waals surface area contributed by atoms with Gasteiger partial charge in [0.1, 0.15) is 6.10 Å². The summed E-state index contributed by atoms with van der Waals surface area (Å²) in [4.78, 5) is 37.7. The molecule has 1 aliphatic heterocycles. The van der Waals surface area contributed by atoms with Crippen LogP contribution >= 0.6 is 11.6 Å². The molecule has 2 saturated carbocycles. The second-order valence-electron chi connectivity index (χ2n) is 8.64. The average Bonchev–Trinajstić information content (AvgIpc) is 3.37. The molecule has 172 valence electrons. The maximum atomic E-state index is 13.0. The van der Waals surface area contributed by atoms with Crippen molar-refractivity contribution in [2.75, 3.05) is 10.6 Å². The highest BCUT2D eigenvalue weighted by Crippen LogP contribution is 2.57. The number of hydrogen-bond acceptors (Lipinski definition) is 4. The lowest BCUT2D eigenvalue weighted by atomic mass is 9.79. The Balaban J connectivity index is 1.30. The van der Waals surface area contributed by atoms with E-state index in [1.807, 2.05) is 0 Å². The first-order valence-electron chi connectivity index (χ1n) is 10.4. The fourth-order valence-electron chi connectivity index (χ4n) is 5.32. The molecule has 2 N–H and O–H groups in total. The highest BCUT2D eigenvalue weighted by Gasteiger charge is 2.63. The third-order valence-electron chi connectivity index (χ3n) is 6.72. The molecule has 0 radical (unpaired) electrons. The van der Waals surface area contributed by atoms with Gasteiger partial charge in [0.05, 0.1) is 28.1 Å². The molecule has 2 aromatic rings. The number of alkyl halides is 3. The maximum Gasteiger partial charge on any atom is 0.416 e. The van der Waals surface area contributed by atoms with Gasteiger partial charge in [0.2, 0.25) is 5.91 Å². The molecule has 10 heteroatoms. The van der Waals surface area contributed by atoms with E-state index in [1.165, 1.54) is 12.1 Å². The number of halogens is 4. The van der Waals surface area contributed by atoms with Crippen LogP contribution in [0.25, 0.3) is 0 Å². The minimum absolute atomic E-state index is 0.0427. The lowest BCUT2D eigenvalue weighted by Crippen LogP contribution is -2.35. The standard InChI is InChI=1S/C23H18ClF3N2O4/c24-15-5-4-12(23(25,26)27)9-16(15)29-20(30)10-2-1-3-13(6-10)28-21(31)18-11-7-14-17(8-11)33-22(32)19(14)18/h1-6,9,11,14,17-19H,7-8H2,(H,28,31)(H,29,30). The number of fused-ring (bicyclic) bond motifs is 1. The first-order chi connectivity index (χ1) is 15.6. The fourth-order valence-corrected chi connectivity index (χ4v) is 5.48. The van der Waals surface area contributed by atoms with E-state index in [4.69, 9.17) is 16.3 Å². The summed E-state index contributed by atoms with van der Waals surface area (Å²) in [5.74, 6) is -2.03. The molecule has 5 rings (SSSR count). The SMILES string of the molecule is O=C(Nc1cc(C(F)(F)F)ccc1Cl)c1cccc(NC(=O)C2C3CC4OC(=O)C2C4C3)c1. The van der Waals surface area contributed by atoms with E-state index in [0.29, 0.717) is 12.1 Å². The molecular formula is C23H18ClF3N2O4. The number of amides is 2. The molecule has 33 heavy (non-hydrogen) atoms. The van der Waals surface area contributed by atoms with Crippen LogP contribution in [0, 0.1) is 23.7 Å². The predicted octanol–water partition coefficient (Wildman–Crippen LogP) is 4.75. The molecule has 2 aliphatic carbocycles. The van der Waals surface area contributed by atoms with Crippen LogP contribution in [0.5, 0.6) is 0 Å². The lowest BCUT2D eigenvalue weighted by molar-refractivity contribution is -0.145. The van der Waals surface area contributed by atoms with Gasteiger partial charge in [0, 0.05) is 17.2 Å². The second-order valence-corrected chi connectivity index (χ2v) is 9.05. The Morgan fingerprint density at radius 1 is 1.06 bits per heavy atom. The predicted molar refractivity (Wildman–Crippen MR) is 113 cm³/mol. The number of benzene rings is 2. The van der Waals surface area contributed by atoms with E-state index >= 15 is 0 Å². The van der Waals surface area contributed by atoms with Crippen molar-refractivity contribution in [3.63, 3.8) is 0 Å². The number of carbonyl (C=O) groups excluding carboxylic acids is 3. The summed E-state index contributed by atoms with van der Waals surface area (Å²) in [5.41, 5.74) is -0.660. The van der Waals surface area contributed by atoms with Crippen molar-refractivity contribution in [1.82, 2.24) is 0 Å². The van der Waals surface area contributed by atoms with Crippen LogP contribution in [0.3, 0.4) is 0 Å². The van der Waals surface area contributed by atoms with Crippen LogP contribution in [-0.2, 0) is 20.5 Å². The Morgan fingerprint density at radius 3 is 2.61 bits per heavy atom. The smallest absolute Gasteiger partial charge is 0.416 e. The summed E-state index contributed by atoms with van der Waals surface area (Å²) in [6.07, 6.45) is -3.18. The number of ether oxygens (including phenoxy) is 1. The van der Waals surface area contributed by atoms with Gasteiger partial charge in [-0.2, -0.15) is 13.2 Å². The molecule has 2 amide bonds. The first kappa shape index (κ1) is 21.8. The monoisotopic (exact) mass is 478 g/mol. The van der Waals surface area contributed by atoms with Crippen LogP contribution in [0.1, 0.15) is 28.8 Å². The van der Waals surface area contributed by atoms with Crippen LogP contribution in [0.15, 0.2) is 42.5 Å². The largest absolute Gasteiger partial charge is 0.462 e. The summed E-state index contributed by atoms with van der Waals surface area (Å²) in [7, 11) is 0. The number of nitrogens with one attached hydrogen (secondary N) is 2. The van der Waals surface area contributed by atoms with Crippen LogP contribution in [0.4, 0.5) is 24.5 Å². The van der Waals surface area contributed by atoms with Gasteiger partial charge in [-0.3, -0.25) is 14.4 Å². The van der Waals surface area contributed by atoms with Crippen LogP contribution < -0.4 is 10.6 Å². The van der Waals surface area contributed by atoms with Crippen LogP contribution in [0.2, 0.25) is 5.02 Å². The molecule has 2 aromatic carbocycles. The number of hydrogen-bond donors (Lipinski definition) is 2. The van der Waals surface area contributed by atoms with Gasteiger partial charge in [-0.1, -0.05) is 17.7 Å². The van der Waals surface area contributed by atoms with Gasteiger partial charge in [-0.05, 0) is 55.2 Å². The van der Waals surface area contributed by atoms with Crippen molar-refractivity contribution in [2.45, 2.75) is 25.1 Å². The van der Waals surface area contributed by atoms with E-state index in [0.717, 1.165) is 24.6 Å². The Morgan fingerprint density at radius 2 is 1.85 bits per heavy atom. The molecule has 5 unspecified atom stereocenters. The zero-order valence-corrected chi connectivity index (χ0v) is 17.7. The summed E-state index contributed by atoms with van der Waals surface area (Å²) < 4.78 is 44.3. The van der Waals surface area contributed by atoms with Crippen molar-refractivity contribution in [1.29, 1.82) is 0 Å². The normalized spacial score (nSPS) is 27.4. The van der Waals surface area contributed by atoms with Crippen molar-refractivity contribution in [3.05, 3.63) is 58.6 Å². The number of rotatable bonds is 4. The Bertz CT molecular complexity index is 1170. The third-order valence-corrected chi connectivity index (χ3v) is 7.05. The average molecular weight is 479 g/mol. The van der Waals surface area contributed by atoms with E-state index < -0.39 is 29.5 Å². The van der Waals surface area contributed by atoms with Gasteiger partial charge >= 0.3 is 12.1 Å². The van der Waals surface area contributed by atoms with Crippen LogP contribution in [-0.4, -0.2) is 23.9 Å². The van der Waals surface area contributed by atoms with Gasteiger partial charge in [-0.15, -0.1) is 0 Å². The zero-order chi connectivity index (χ0) is 23.5. The molecule has 2 bridgehead atoms. The molecule has 6 nitrogen and oxygen atoms in total. The van der Waals surface area contributed by atoms with Gasteiger partial charge in [0.25, 0.3) is 5.91 Å². The molecule has 3 fully saturated rings. The summed E-state index contributed by atoms with van der Waals surface area (Å²) in [6.45, 7) is 0. The maximum absolute atomic E-state index is 13.0. The quantitative estimate of drug-likeness (QED) is 0.621. The van der Waals surface area contributed by atoms with Gasteiger partial charge in [0.15, 0.2) is 0 Å². The fraction of sp³-hybridized carbons (Fsp3) is 0.348. The van der Waals surface area contributed by atoms with E-state index in [2.05, 4.69) is 10.6 Å². The van der Waals surface area contributed by atoms with Crippen molar-refractivity contribution >= 4 is 40.8 Å². The molecule has 0 aromatic heterocycles. The molecule has 5 atom stereocenters. The summed E-state index contributed by atoms with van der Waals surface area (Å²) >= 11 is 5.95. The number of anilines is 2. The minimum Gasteiger partial charge on any atom is -0.462 e. The lowest BCUT2D eigenvalue weighted by Gasteiger charge is -2.23. The second kappa shape index (κ2) is 7.76. The minimum atomic E-state index is -4.58. The third kappa shape index (κ3) is 3.84. The molecular weight excluding hydrogens is 461 g/mol. The van der Waals surface area contributed by atoms with Gasteiger partial charge < -0.3 is 15.4 Å². The van der Waals surface area contributed by atoms with Crippen molar-refractivity contribution in [2.24, 2.45) is 23.7 Å². The molecule has 1 saturated heterocycles. The summed E-state index contributed by atoms with van der Waals surface area (Å²) in [5, 5.41) is 5.11. The van der Waals surface area contributed by atoms with Gasteiger partial charge in [-0.25, -0.2) is 0 Å². The Hall–Kier alpha value is -3.07. The number of esters is 1.